The summed E-state index contributed by atoms with van der Waals surface area (Å²) in [7, 11) is 1.75. The molecule has 468 valence electrons. The average molecular weight is 1180 g/mol. The second kappa shape index (κ2) is 29.9. The number of carboxylic acids is 1. The van der Waals surface area contributed by atoms with Gasteiger partial charge in [-0.1, -0.05) is 235 Å². The highest BCUT2D eigenvalue weighted by molar-refractivity contribution is 5.88. The Kier molecular flexibility index (Phi) is 24.1. The van der Waals surface area contributed by atoms with Crippen LogP contribution in [-0.4, -0.2) is 49.7 Å². The Hall–Kier alpha value is -6.11. The smallest absolute Gasteiger partial charge is 0.335 e. The molecule has 0 radical (unpaired) electrons. The van der Waals surface area contributed by atoms with Crippen molar-refractivity contribution in [2.75, 3.05) is 33.5 Å². The number of aliphatic hydroxyl groups excluding tert-OH is 1. The lowest BCUT2D eigenvalue weighted by Gasteiger charge is -2.42. The van der Waals surface area contributed by atoms with E-state index >= 15 is 0 Å². The van der Waals surface area contributed by atoms with Crippen LogP contribution < -0.4 is 0 Å². The normalized spacial score (nSPS) is 17.3. The number of aromatic carboxylic acids is 1. The largest absolute Gasteiger partial charge is 0.478 e. The van der Waals surface area contributed by atoms with Gasteiger partial charge in [-0.05, 0) is 226 Å². The van der Waals surface area contributed by atoms with Crippen molar-refractivity contribution in [2.24, 2.45) is 0 Å². The summed E-state index contributed by atoms with van der Waals surface area (Å²) in [5.41, 5.74) is 24.8. The molecular formula is C82H110O5. The molecule has 9 rings (SSSR count). The van der Waals surface area contributed by atoms with Gasteiger partial charge in [-0.3, -0.25) is 0 Å². The van der Waals surface area contributed by atoms with E-state index in [0.717, 1.165) is 63.9 Å². The Balaban J connectivity index is 0.000000208. The molecule has 0 amide bonds. The maximum atomic E-state index is 11.1. The lowest BCUT2D eigenvalue weighted by atomic mass is 9.62. The molecule has 5 heteroatoms. The second-order valence-corrected chi connectivity index (χ2v) is 29.1. The maximum absolute atomic E-state index is 11.1. The predicted octanol–water partition coefficient (Wildman–Crippen LogP) is 21.0. The van der Waals surface area contributed by atoms with Crippen molar-refractivity contribution in [2.45, 2.75) is 221 Å². The van der Waals surface area contributed by atoms with Crippen LogP contribution in [0.25, 0.3) is 36.5 Å². The number of aryl methyl sites for hydroxylation is 5. The van der Waals surface area contributed by atoms with E-state index in [2.05, 4.69) is 225 Å². The van der Waals surface area contributed by atoms with Crippen LogP contribution in [0, 0.1) is 13.8 Å². The zero-order chi connectivity index (χ0) is 62.7. The van der Waals surface area contributed by atoms with Crippen LogP contribution in [0.2, 0.25) is 0 Å². The van der Waals surface area contributed by atoms with E-state index in [4.69, 9.17) is 14.6 Å². The first-order valence-corrected chi connectivity index (χ1v) is 32.3. The Morgan fingerprint density at radius 3 is 1.01 bits per heavy atom. The summed E-state index contributed by atoms with van der Waals surface area (Å²) in [6.07, 6.45) is 26.5. The minimum absolute atomic E-state index is 0. The average Bonchev–Trinajstić information content (AvgIpc) is 2.76. The van der Waals surface area contributed by atoms with Gasteiger partial charge in [0.2, 0.25) is 0 Å². The molecule has 3 aliphatic rings. The van der Waals surface area contributed by atoms with Gasteiger partial charge in [-0.25, -0.2) is 4.79 Å². The van der Waals surface area contributed by atoms with Crippen LogP contribution in [0.1, 0.15) is 260 Å². The van der Waals surface area contributed by atoms with E-state index in [0.29, 0.717) is 5.56 Å². The quantitative estimate of drug-likeness (QED) is 0.0624. The highest BCUT2D eigenvalue weighted by Gasteiger charge is 2.40. The van der Waals surface area contributed by atoms with E-state index in [1.807, 2.05) is 12.1 Å². The molecule has 5 nitrogen and oxygen atoms in total. The molecule has 0 aliphatic heterocycles. The number of rotatable bonds is 19. The van der Waals surface area contributed by atoms with E-state index in [-0.39, 0.29) is 46.5 Å². The number of hydrogen-bond donors (Lipinski definition) is 2. The predicted molar refractivity (Wildman–Crippen MR) is 375 cm³/mol. The summed E-state index contributed by atoms with van der Waals surface area (Å²) in [6, 6.07) is 39.1. The Morgan fingerprint density at radius 1 is 0.437 bits per heavy atom. The van der Waals surface area contributed by atoms with Crippen molar-refractivity contribution in [1.82, 2.24) is 0 Å². The molecule has 0 bridgehead atoms. The van der Waals surface area contributed by atoms with E-state index in [1.54, 1.807) is 24.8 Å². The lowest BCUT2D eigenvalue weighted by Crippen LogP contribution is -2.34. The number of carbonyl (C=O) groups is 1. The number of ether oxygens (including phenoxy) is 2. The first-order chi connectivity index (χ1) is 40.6. The molecule has 0 atom stereocenters. The van der Waals surface area contributed by atoms with Gasteiger partial charge in [-0.15, -0.1) is 0 Å². The first kappa shape index (κ1) is 70.0. The minimum atomic E-state index is -0.898. The van der Waals surface area contributed by atoms with Crippen LogP contribution in [-0.2, 0) is 61.2 Å². The number of benzene rings is 6. The number of hydrogen-bond acceptors (Lipinski definition) is 4. The molecule has 0 saturated heterocycles. The van der Waals surface area contributed by atoms with Gasteiger partial charge in [0.05, 0.1) is 5.56 Å². The van der Waals surface area contributed by atoms with Crippen LogP contribution in [0.15, 0.2) is 109 Å². The summed E-state index contributed by atoms with van der Waals surface area (Å²) in [5.74, 6) is -0.898. The fraction of sp³-hybridized carbons (Fsp3) is 0.476. The van der Waals surface area contributed by atoms with Gasteiger partial charge in [0, 0.05) is 33.5 Å². The van der Waals surface area contributed by atoms with E-state index in [9.17, 15) is 9.90 Å². The third-order valence-electron chi connectivity index (χ3n) is 19.4. The topological polar surface area (TPSA) is 76.0 Å². The van der Waals surface area contributed by atoms with Gasteiger partial charge < -0.3 is 19.7 Å². The molecule has 0 fully saturated rings. The van der Waals surface area contributed by atoms with Gasteiger partial charge in [0.15, 0.2) is 0 Å². The Labute approximate surface area is 527 Å². The van der Waals surface area contributed by atoms with Gasteiger partial charge in [-0.2, -0.15) is 0 Å². The molecule has 0 saturated carbocycles. The van der Waals surface area contributed by atoms with Gasteiger partial charge >= 0.3 is 5.97 Å². The van der Waals surface area contributed by atoms with Crippen LogP contribution >= 0.6 is 0 Å². The van der Waals surface area contributed by atoms with E-state index < -0.39 is 5.97 Å². The van der Waals surface area contributed by atoms with Crippen LogP contribution in [0.5, 0.6) is 0 Å². The molecule has 0 spiro atoms. The minimum Gasteiger partial charge on any atom is -0.478 e. The third kappa shape index (κ3) is 18.3. The molecule has 6 aromatic rings. The molecule has 0 heterocycles. The lowest BCUT2D eigenvalue weighted by molar-refractivity contribution is 0.0696. The molecule has 0 unspecified atom stereocenters. The standard InChI is InChI=1S/C28H38O.C27H34O3.C26H34O.CH4/c1-7-29-18-8-9-23-19-25-26(28(5,6)17-16-27(25,3)4)20-24(23)15-14-22-12-10-21(2)11-13-22;1-26(2)14-15-27(3,4)24-18-22(21(17-23(24)26)7-6-16-30-5)13-10-19-8-11-20(12-9-19)25(28)29;1-19-8-10-20(11-9-19)12-13-22-18-24-23(17-21(22)7-6-16-27)25(2,3)14-15-26(24,4)5;/h10-15,19-20H,7-9,16-18H2,1-6H3;8-13,17-18H,6-7,14-16H2,1-5H3,(H,28,29);8-13,17-18,27H,6-7,14-16H2,1-5H3;1H4/b15-14+;13-10+;13-12+;. The maximum Gasteiger partial charge on any atom is 0.335 e. The van der Waals surface area contributed by atoms with Crippen molar-refractivity contribution in [3.63, 3.8) is 0 Å². The van der Waals surface area contributed by atoms with Crippen molar-refractivity contribution in [1.29, 1.82) is 0 Å². The molecule has 0 aromatic heterocycles. The number of carboxylic acid groups (broad SMARTS) is 1. The first-order valence-electron chi connectivity index (χ1n) is 32.3. The number of fused-ring (bicyclic) bond motifs is 3. The Bertz CT molecular complexity index is 3320. The molecule has 3 aliphatic carbocycles. The SMILES string of the molecule is C.CCOCCCc1cc2c(cc1/C=C/c1ccc(C)cc1)C(C)(C)CCC2(C)C.COCCCc1cc2c(cc1/C=C/c1ccc(C(=O)O)cc1)C(C)(C)CCC2(C)C.Cc1ccc(/C=C/c2cc3c(cc2CCCO)C(C)(C)CCC3(C)C)cc1. The zero-order valence-corrected chi connectivity index (χ0v) is 55.8. The van der Waals surface area contributed by atoms with Crippen molar-refractivity contribution in [3.05, 3.63) is 209 Å². The van der Waals surface area contributed by atoms with Crippen LogP contribution in [0.3, 0.4) is 0 Å². The summed E-state index contributed by atoms with van der Waals surface area (Å²) >= 11 is 0. The summed E-state index contributed by atoms with van der Waals surface area (Å²) < 4.78 is 10.9. The summed E-state index contributed by atoms with van der Waals surface area (Å²) in [6.45, 7) is 37.5. The highest BCUT2D eigenvalue weighted by Crippen LogP contribution is 2.50. The summed E-state index contributed by atoms with van der Waals surface area (Å²) in [4.78, 5) is 11.1. The zero-order valence-electron chi connectivity index (χ0n) is 55.8. The number of aliphatic hydroxyl groups is 1. The molecular weight excluding hydrogens is 1060 g/mol. The van der Waals surface area contributed by atoms with Crippen molar-refractivity contribution < 1.29 is 24.5 Å². The van der Waals surface area contributed by atoms with Crippen molar-refractivity contribution in [3.8, 4) is 0 Å². The third-order valence-corrected chi connectivity index (χ3v) is 19.4. The molecule has 87 heavy (non-hydrogen) atoms. The fourth-order valence-electron chi connectivity index (χ4n) is 13.0. The van der Waals surface area contributed by atoms with Gasteiger partial charge in [0.25, 0.3) is 0 Å². The second-order valence-electron chi connectivity index (χ2n) is 29.1. The fourth-order valence-corrected chi connectivity index (χ4v) is 13.0. The monoisotopic (exact) mass is 1170 g/mol. The van der Waals surface area contributed by atoms with Gasteiger partial charge in [0.1, 0.15) is 0 Å². The molecule has 6 aromatic carbocycles. The Morgan fingerprint density at radius 2 is 0.724 bits per heavy atom. The molecule has 2 N–H and O–H groups in total. The van der Waals surface area contributed by atoms with Crippen LogP contribution in [0.4, 0.5) is 0 Å². The highest BCUT2D eigenvalue weighted by atomic mass is 16.5. The summed E-state index contributed by atoms with van der Waals surface area (Å²) in [5, 5.41) is 18.5. The number of methoxy groups -OCH3 is 1. The van der Waals surface area contributed by atoms with Crippen molar-refractivity contribution >= 4 is 42.4 Å². The van der Waals surface area contributed by atoms with E-state index in [1.165, 1.54) is 122 Å².